The average Bonchev–Trinajstić information content (AvgIpc) is 1.88. The minimum Gasteiger partial charge on any atom is -0.373 e. The van der Waals surface area contributed by atoms with Gasteiger partial charge in [0.2, 0.25) is 0 Å². The zero-order valence-electron chi connectivity index (χ0n) is 6.59. The fourth-order valence-electron chi connectivity index (χ4n) is 1.57. The summed E-state index contributed by atoms with van der Waals surface area (Å²) in [4.78, 5) is 11.1. The number of methoxy groups -OCH3 is 1. The van der Waals surface area contributed by atoms with Crippen LogP contribution in [0.1, 0.15) is 26.2 Å². The largest absolute Gasteiger partial charge is 0.373 e. The Labute approximate surface area is 61.6 Å². The van der Waals surface area contributed by atoms with E-state index < -0.39 is 0 Å². The van der Waals surface area contributed by atoms with Gasteiger partial charge in [0.1, 0.15) is 6.10 Å². The lowest BCUT2D eigenvalue weighted by Crippen LogP contribution is -2.33. The van der Waals surface area contributed by atoms with E-state index in [4.69, 9.17) is 4.74 Å². The molecule has 0 aromatic carbocycles. The molecule has 0 radical (unpaired) electrons. The minimum atomic E-state index is -0.117. The summed E-state index contributed by atoms with van der Waals surface area (Å²) in [5.41, 5.74) is 0. The number of ketones is 1. The van der Waals surface area contributed by atoms with Gasteiger partial charge in [-0.2, -0.15) is 0 Å². The lowest BCUT2D eigenvalue weighted by molar-refractivity contribution is -0.134. The third kappa shape index (κ3) is 1.37. The molecule has 0 aromatic rings. The number of carbonyl (C=O) groups is 1. The Hall–Kier alpha value is -0.370. The molecule has 10 heavy (non-hydrogen) atoms. The number of carbonyl (C=O) groups excluding carboxylic acids is 1. The van der Waals surface area contributed by atoms with Crippen LogP contribution < -0.4 is 0 Å². The van der Waals surface area contributed by atoms with Crippen LogP contribution in [0.25, 0.3) is 0 Å². The minimum absolute atomic E-state index is 0.117. The van der Waals surface area contributed by atoms with E-state index in [1.807, 2.05) is 0 Å². The molecule has 0 N–H and O–H groups in total. The topological polar surface area (TPSA) is 26.3 Å². The summed E-state index contributed by atoms with van der Waals surface area (Å²) in [6.45, 7) is 2.07. The van der Waals surface area contributed by atoms with Gasteiger partial charge in [-0.1, -0.05) is 6.92 Å². The molecule has 2 nitrogen and oxygen atoms in total. The first-order chi connectivity index (χ1) is 4.75. The van der Waals surface area contributed by atoms with E-state index in [2.05, 4.69) is 6.92 Å². The molecule has 0 aliphatic heterocycles. The van der Waals surface area contributed by atoms with E-state index in [9.17, 15) is 4.79 Å². The molecular weight excluding hydrogens is 128 g/mol. The highest BCUT2D eigenvalue weighted by Gasteiger charge is 2.27. The predicted molar refractivity (Wildman–Crippen MR) is 38.8 cm³/mol. The van der Waals surface area contributed by atoms with Crippen molar-refractivity contribution >= 4 is 5.78 Å². The Morgan fingerprint density at radius 2 is 2.30 bits per heavy atom. The first-order valence-corrected chi connectivity index (χ1v) is 3.81. The molecule has 1 aliphatic carbocycles. The quantitative estimate of drug-likeness (QED) is 0.553. The van der Waals surface area contributed by atoms with Gasteiger partial charge in [-0.25, -0.2) is 0 Å². The number of rotatable bonds is 1. The Kier molecular flexibility index (Phi) is 2.44. The van der Waals surface area contributed by atoms with Crippen LogP contribution >= 0.6 is 0 Å². The standard InChI is InChI=1S/C8H14O2/c1-6-4-3-5-7(9)8(6)10-2/h6,8H,3-5H2,1-2H3/t6-,8+/m1/s1. The van der Waals surface area contributed by atoms with E-state index in [1.54, 1.807) is 7.11 Å². The maximum Gasteiger partial charge on any atom is 0.161 e. The first-order valence-electron chi connectivity index (χ1n) is 3.81. The number of ether oxygens (including phenoxy) is 1. The lowest BCUT2D eigenvalue weighted by atomic mass is 9.87. The average molecular weight is 142 g/mol. The highest BCUT2D eigenvalue weighted by atomic mass is 16.5. The zero-order chi connectivity index (χ0) is 7.56. The van der Waals surface area contributed by atoms with E-state index in [0.717, 1.165) is 12.8 Å². The Morgan fingerprint density at radius 3 is 2.70 bits per heavy atom. The van der Waals surface area contributed by atoms with Gasteiger partial charge in [0.05, 0.1) is 0 Å². The van der Waals surface area contributed by atoms with Crippen LogP contribution in [0.5, 0.6) is 0 Å². The molecular formula is C8H14O2. The third-order valence-electron chi connectivity index (χ3n) is 2.17. The Balaban J connectivity index is 2.53. The van der Waals surface area contributed by atoms with E-state index in [-0.39, 0.29) is 11.9 Å². The molecule has 0 spiro atoms. The maximum absolute atomic E-state index is 11.1. The predicted octanol–water partition coefficient (Wildman–Crippen LogP) is 1.39. The van der Waals surface area contributed by atoms with Crippen molar-refractivity contribution in [2.45, 2.75) is 32.3 Å². The van der Waals surface area contributed by atoms with Crippen LogP contribution in [-0.2, 0) is 9.53 Å². The van der Waals surface area contributed by atoms with Crippen molar-refractivity contribution in [2.75, 3.05) is 7.11 Å². The second-order valence-corrected chi connectivity index (χ2v) is 2.99. The fourth-order valence-corrected chi connectivity index (χ4v) is 1.57. The van der Waals surface area contributed by atoms with Crippen LogP contribution in [-0.4, -0.2) is 19.0 Å². The van der Waals surface area contributed by atoms with Crippen LogP contribution in [0.15, 0.2) is 0 Å². The summed E-state index contributed by atoms with van der Waals surface area (Å²) in [5.74, 6) is 0.701. The fraction of sp³-hybridized carbons (Fsp3) is 0.875. The molecule has 0 aromatic heterocycles. The molecule has 1 saturated carbocycles. The van der Waals surface area contributed by atoms with E-state index in [0.29, 0.717) is 12.3 Å². The van der Waals surface area contributed by atoms with Gasteiger partial charge in [0.25, 0.3) is 0 Å². The third-order valence-corrected chi connectivity index (χ3v) is 2.17. The molecule has 0 bridgehead atoms. The molecule has 2 heteroatoms. The Bertz CT molecular complexity index is 131. The first kappa shape index (κ1) is 7.73. The van der Waals surface area contributed by atoms with Crippen molar-refractivity contribution in [3.63, 3.8) is 0 Å². The molecule has 0 unspecified atom stereocenters. The highest BCUT2D eigenvalue weighted by molar-refractivity contribution is 5.84. The summed E-state index contributed by atoms with van der Waals surface area (Å²) in [6, 6.07) is 0. The van der Waals surface area contributed by atoms with Crippen LogP contribution in [0.4, 0.5) is 0 Å². The normalized spacial score (nSPS) is 34.4. The van der Waals surface area contributed by atoms with E-state index >= 15 is 0 Å². The summed E-state index contributed by atoms with van der Waals surface area (Å²) >= 11 is 0. The van der Waals surface area contributed by atoms with Crippen molar-refractivity contribution in [3.05, 3.63) is 0 Å². The van der Waals surface area contributed by atoms with Crippen LogP contribution in [0.2, 0.25) is 0 Å². The molecule has 1 aliphatic rings. The van der Waals surface area contributed by atoms with Crippen molar-refractivity contribution in [2.24, 2.45) is 5.92 Å². The lowest BCUT2D eigenvalue weighted by Gasteiger charge is -2.25. The van der Waals surface area contributed by atoms with Gasteiger partial charge >= 0.3 is 0 Å². The van der Waals surface area contributed by atoms with Gasteiger partial charge in [0.15, 0.2) is 5.78 Å². The van der Waals surface area contributed by atoms with Crippen molar-refractivity contribution in [1.29, 1.82) is 0 Å². The van der Waals surface area contributed by atoms with E-state index in [1.165, 1.54) is 0 Å². The van der Waals surface area contributed by atoms with Gasteiger partial charge in [-0.15, -0.1) is 0 Å². The monoisotopic (exact) mass is 142 g/mol. The number of hydrogen-bond donors (Lipinski definition) is 0. The van der Waals surface area contributed by atoms with Gasteiger partial charge in [-0.3, -0.25) is 4.79 Å². The summed E-state index contributed by atoms with van der Waals surface area (Å²) in [5, 5.41) is 0. The van der Waals surface area contributed by atoms with Gasteiger partial charge in [0, 0.05) is 13.5 Å². The smallest absolute Gasteiger partial charge is 0.161 e. The molecule has 0 heterocycles. The second kappa shape index (κ2) is 3.15. The number of Topliss-reactive ketones (excluding diaryl/α,β-unsaturated/α-hetero) is 1. The second-order valence-electron chi connectivity index (χ2n) is 2.99. The van der Waals surface area contributed by atoms with Gasteiger partial charge < -0.3 is 4.74 Å². The van der Waals surface area contributed by atoms with Crippen molar-refractivity contribution in [3.8, 4) is 0 Å². The van der Waals surface area contributed by atoms with Crippen molar-refractivity contribution < 1.29 is 9.53 Å². The zero-order valence-corrected chi connectivity index (χ0v) is 6.59. The molecule has 0 saturated heterocycles. The molecule has 1 fully saturated rings. The van der Waals surface area contributed by atoms with Gasteiger partial charge in [-0.05, 0) is 18.8 Å². The summed E-state index contributed by atoms with van der Waals surface area (Å²) in [7, 11) is 1.62. The Morgan fingerprint density at radius 1 is 1.60 bits per heavy atom. The molecule has 1 rings (SSSR count). The van der Waals surface area contributed by atoms with Crippen LogP contribution in [0.3, 0.4) is 0 Å². The van der Waals surface area contributed by atoms with Crippen molar-refractivity contribution in [1.82, 2.24) is 0 Å². The SMILES string of the molecule is CO[C@@H]1C(=O)CCC[C@H]1C. The summed E-state index contributed by atoms with van der Waals surface area (Å²) in [6.07, 6.45) is 2.76. The number of hydrogen-bond acceptors (Lipinski definition) is 2. The maximum atomic E-state index is 11.1. The summed E-state index contributed by atoms with van der Waals surface area (Å²) < 4.78 is 5.07. The highest BCUT2D eigenvalue weighted by Crippen LogP contribution is 2.22. The molecule has 2 atom stereocenters. The molecule has 58 valence electrons. The molecule has 0 amide bonds. The van der Waals surface area contributed by atoms with Crippen LogP contribution in [0, 0.1) is 5.92 Å².